The standard InChI is InChI=1S/C25H31N3O3/c1-2-31-18-8-15-26-25(30)22-19-21(12-13-23(22)28-16-6-7-17-28)27-24(29)14-11-20-9-4-3-5-10-20/h3-5,9-14,19H,2,6-8,15-18H2,1H3,(H,26,30)(H,27,29)/b14-11+. The first-order valence-electron chi connectivity index (χ1n) is 11.0. The molecule has 164 valence electrons. The predicted molar refractivity (Wildman–Crippen MR) is 125 cm³/mol. The van der Waals surface area contributed by atoms with E-state index in [0.717, 1.165) is 43.6 Å². The maximum absolute atomic E-state index is 12.9. The van der Waals surface area contributed by atoms with Crippen LogP contribution in [0.3, 0.4) is 0 Å². The molecule has 0 atom stereocenters. The van der Waals surface area contributed by atoms with E-state index < -0.39 is 0 Å². The van der Waals surface area contributed by atoms with E-state index in [1.165, 1.54) is 6.08 Å². The molecule has 0 spiro atoms. The van der Waals surface area contributed by atoms with Gasteiger partial charge in [-0.1, -0.05) is 30.3 Å². The van der Waals surface area contributed by atoms with Crippen LogP contribution in [-0.2, 0) is 9.53 Å². The molecule has 2 amide bonds. The number of nitrogens with one attached hydrogen (secondary N) is 2. The molecule has 0 aromatic heterocycles. The second kappa shape index (κ2) is 11.9. The number of hydrogen-bond donors (Lipinski definition) is 2. The summed E-state index contributed by atoms with van der Waals surface area (Å²) in [6, 6.07) is 15.2. The lowest BCUT2D eigenvalue weighted by Crippen LogP contribution is -2.29. The van der Waals surface area contributed by atoms with E-state index in [-0.39, 0.29) is 11.8 Å². The van der Waals surface area contributed by atoms with Gasteiger partial charge in [0, 0.05) is 50.3 Å². The van der Waals surface area contributed by atoms with Crippen LogP contribution in [0.5, 0.6) is 0 Å². The van der Waals surface area contributed by atoms with Crippen molar-refractivity contribution in [3.05, 3.63) is 65.7 Å². The fourth-order valence-corrected chi connectivity index (χ4v) is 3.57. The fourth-order valence-electron chi connectivity index (χ4n) is 3.57. The quantitative estimate of drug-likeness (QED) is 0.448. The highest BCUT2D eigenvalue weighted by atomic mass is 16.5. The Morgan fingerprint density at radius 1 is 1.10 bits per heavy atom. The van der Waals surface area contributed by atoms with Gasteiger partial charge < -0.3 is 20.3 Å². The lowest BCUT2D eigenvalue weighted by molar-refractivity contribution is -0.111. The van der Waals surface area contributed by atoms with E-state index in [4.69, 9.17) is 4.74 Å². The Balaban J connectivity index is 1.69. The maximum Gasteiger partial charge on any atom is 0.253 e. The number of carbonyl (C=O) groups excluding carboxylic acids is 2. The second-order valence-corrected chi connectivity index (χ2v) is 7.47. The first kappa shape index (κ1) is 22.6. The molecule has 1 heterocycles. The number of ether oxygens (including phenoxy) is 1. The average Bonchev–Trinajstić information content (AvgIpc) is 3.33. The number of anilines is 2. The van der Waals surface area contributed by atoms with E-state index >= 15 is 0 Å². The van der Waals surface area contributed by atoms with Crippen LogP contribution in [0.2, 0.25) is 0 Å². The minimum atomic E-state index is -0.235. The fraction of sp³-hybridized carbons (Fsp3) is 0.360. The van der Waals surface area contributed by atoms with Crippen molar-refractivity contribution in [2.75, 3.05) is 43.1 Å². The Morgan fingerprint density at radius 2 is 1.87 bits per heavy atom. The molecule has 1 aliphatic rings. The SMILES string of the molecule is CCOCCCNC(=O)c1cc(NC(=O)/C=C/c2ccccc2)ccc1N1CCCC1. The Kier molecular flexibility index (Phi) is 8.67. The molecule has 2 aromatic rings. The Labute approximate surface area is 184 Å². The van der Waals surface area contributed by atoms with Gasteiger partial charge in [-0.2, -0.15) is 0 Å². The molecule has 0 bridgehead atoms. The molecule has 3 rings (SSSR count). The molecular formula is C25H31N3O3. The molecule has 0 unspecified atom stereocenters. The van der Waals surface area contributed by atoms with Gasteiger partial charge in [0.05, 0.1) is 5.56 Å². The van der Waals surface area contributed by atoms with Crippen LogP contribution >= 0.6 is 0 Å². The third-order valence-electron chi connectivity index (χ3n) is 5.14. The molecule has 6 heteroatoms. The van der Waals surface area contributed by atoms with E-state index in [1.54, 1.807) is 12.1 Å². The lowest BCUT2D eigenvalue weighted by Gasteiger charge is -2.22. The summed E-state index contributed by atoms with van der Waals surface area (Å²) in [5.41, 5.74) is 3.06. The van der Waals surface area contributed by atoms with Crippen molar-refractivity contribution in [3.63, 3.8) is 0 Å². The summed E-state index contributed by atoms with van der Waals surface area (Å²) < 4.78 is 5.33. The third-order valence-corrected chi connectivity index (χ3v) is 5.14. The van der Waals surface area contributed by atoms with Gasteiger partial charge in [0.2, 0.25) is 5.91 Å². The first-order chi connectivity index (χ1) is 15.2. The summed E-state index contributed by atoms with van der Waals surface area (Å²) in [6.45, 7) is 5.68. The molecule has 6 nitrogen and oxygen atoms in total. The van der Waals surface area contributed by atoms with E-state index in [0.29, 0.717) is 31.0 Å². The van der Waals surface area contributed by atoms with Gasteiger partial charge in [-0.05, 0) is 56.0 Å². The average molecular weight is 422 g/mol. The summed E-state index contributed by atoms with van der Waals surface area (Å²) in [7, 11) is 0. The highest BCUT2D eigenvalue weighted by molar-refractivity contribution is 6.05. The number of rotatable bonds is 10. The summed E-state index contributed by atoms with van der Waals surface area (Å²) in [5, 5.41) is 5.84. The number of carbonyl (C=O) groups is 2. The van der Waals surface area contributed by atoms with Crippen molar-refractivity contribution >= 4 is 29.3 Å². The molecule has 1 fully saturated rings. The van der Waals surface area contributed by atoms with Crippen LogP contribution in [0, 0.1) is 0 Å². The van der Waals surface area contributed by atoms with Crippen molar-refractivity contribution in [1.29, 1.82) is 0 Å². The zero-order valence-electron chi connectivity index (χ0n) is 18.1. The summed E-state index contributed by atoms with van der Waals surface area (Å²) in [5.74, 6) is -0.366. The molecule has 0 aliphatic carbocycles. The zero-order chi connectivity index (χ0) is 21.9. The Hall–Kier alpha value is -3.12. The number of amides is 2. The van der Waals surface area contributed by atoms with E-state index in [1.807, 2.05) is 49.4 Å². The van der Waals surface area contributed by atoms with Crippen LogP contribution in [0.25, 0.3) is 6.08 Å². The topological polar surface area (TPSA) is 70.7 Å². The molecule has 31 heavy (non-hydrogen) atoms. The van der Waals surface area contributed by atoms with Gasteiger partial charge in [-0.25, -0.2) is 0 Å². The highest BCUT2D eigenvalue weighted by Gasteiger charge is 2.20. The zero-order valence-corrected chi connectivity index (χ0v) is 18.1. The molecule has 1 aliphatic heterocycles. The van der Waals surface area contributed by atoms with Crippen LogP contribution in [0.15, 0.2) is 54.6 Å². The number of nitrogens with zero attached hydrogens (tertiary/aromatic N) is 1. The molecule has 2 aromatic carbocycles. The molecule has 1 saturated heterocycles. The molecule has 0 radical (unpaired) electrons. The van der Waals surface area contributed by atoms with Crippen LogP contribution in [0.1, 0.15) is 42.1 Å². The van der Waals surface area contributed by atoms with E-state index in [2.05, 4.69) is 15.5 Å². The molecule has 0 saturated carbocycles. The van der Waals surface area contributed by atoms with Crippen molar-refractivity contribution < 1.29 is 14.3 Å². The minimum absolute atomic E-state index is 0.130. The normalized spacial score (nSPS) is 13.5. The van der Waals surface area contributed by atoms with E-state index in [9.17, 15) is 9.59 Å². The van der Waals surface area contributed by atoms with Gasteiger partial charge in [-0.3, -0.25) is 9.59 Å². The number of benzene rings is 2. The second-order valence-electron chi connectivity index (χ2n) is 7.47. The summed E-state index contributed by atoms with van der Waals surface area (Å²) in [6.07, 6.45) is 6.27. The highest BCUT2D eigenvalue weighted by Crippen LogP contribution is 2.27. The largest absolute Gasteiger partial charge is 0.382 e. The lowest BCUT2D eigenvalue weighted by atomic mass is 10.1. The third kappa shape index (κ3) is 6.96. The van der Waals surface area contributed by atoms with Gasteiger partial charge in [0.15, 0.2) is 0 Å². The smallest absolute Gasteiger partial charge is 0.253 e. The minimum Gasteiger partial charge on any atom is -0.382 e. The van der Waals surface area contributed by atoms with Gasteiger partial charge in [0.1, 0.15) is 0 Å². The summed E-state index contributed by atoms with van der Waals surface area (Å²) in [4.78, 5) is 27.5. The van der Waals surface area contributed by atoms with Crippen molar-refractivity contribution in [2.24, 2.45) is 0 Å². The summed E-state index contributed by atoms with van der Waals surface area (Å²) >= 11 is 0. The van der Waals surface area contributed by atoms with Crippen LogP contribution < -0.4 is 15.5 Å². The van der Waals surface area contributed by atoms with Crippen molar-refractivity contribution in [3.8, 4) is 0 Å². The van der Waals surface area contributed by atoms with Gasteiger partial charge in [0.25, 0.3) is 5.91 Å². The van der Waals surface area contributed by atoms with Gasteiger partial charge in [-0.15, -0.1) is 0 Å². The molecular weight excluding hydrogens is 390 g/mol. The number of hydrogen-bond acceptors (Lipinski definition) is 4. The Morgan fingerprint density at radius 3 is 2.61 bits per heavy atom. The predicted octanol–water partition coefficient (Wildman–Crippen LogP) is 4.10. The molecule has 2 N–H and O–H groups in total. The van der Waals surface area contributed by atoms with Crippen LogP contribution in [0.4, 0.5) is 11.4 Å². The van der Waals surface area contributed by atoms with Crippen molar-refractivity contribution in [2.45, 2.75) is 26.2 Å². The monoisotopic (exact) mass is 421 g/mol. The van der Waals surface area contributed by atoms with Gasteiger partial charge >= 0.3 is 0 Å². The Bertz CT molecular complexity index is 890. The van der Waals surface area contributed by atoms with Crippen molar-refractivity contribution in [1.82, 2.24) is 5.32 Å². The first-order valence-corrected chi connectivity index (χ1v) is 11.0. The van der Waals surface area contributed by atoms with Crippen LogP contribution in [-0.4, -0.2) is 44.7 Å². The maximum atomic E-state index is 12.9.